The lowest BCUT2D eigenvalue weighted by molar-refractivity contribution is 0.204. The van der Waals surface area contributed by atoms with Gasteiger partial charge in [-0.1, -0.05) is 12.1 Å². The van der Waals surface area contributed by atoms with Gasteiger partial charge in [-0.15, -0.1) is 0 Å². The van der Waals surface area contributed by atoms with Gasteiger partial charge in [-0.2, -0.15) is 0 Å². The van der Waals surface area contributed by atoms with E-state index >= 15 is 0 Å². The number of methoxy groups -OCH3 is 1. The van der Waals surface area contributed by atoms with Crippen molar-refractivity contribution in [1.29, 1.82) is 0 Å². The fraction of sp³-hybridized carbons (Fsp3) is 0.294. The lowest BCUT2D eigenvalue weighted by Crippen LogP contribution is -2.27. The highest BCUT2D eigenvalue weighted by Gasteiger charge is 2.12. The van der Waals surface area contributed by atoms with Crippen molar-refractivity contribution in [1.82, 2.24) is 10.0 Å². The summed E-state index contributed by atoms with van der Waals surface area (Å²) in [4.78, 5) is 0.156. The standard InChI is InChI=1S/C17H20F2N2O3S/c1-24-9-8-21-25(22,23)16-5-2-13(3-6-16)11-20-12-14-10-15(18)4-7-17(14)19/h2-7,10,20-21H,8-9,11-12H2,1H3. The highest BCUT2D eigenvalue weighted by Crippen LogP contribution is 2.12. The summed E-state index contributed by atoms with van der Waals surface area (Å²) in [5, 5.41) is 3.00. The van der Waals surface area contributed by atoms with Gasteiger partial charge in [0.1, 0.15) is 11.6 Å². The van der Waals surface area contributed by atoms with Gasteiger partial charge in [-0.3, -0.25) is 0 Å². The molecule has 5 nitrogen and oxygen atoms in total. The molecule has 8 heteroatoms. The predicted octanol–water partition coefficient (Wildman–Crippen LogP) is 2.18. The van der Waals surface area contributed by atoms with Crippen molar-refractivity contribution in [3.05, 3.63) is 65.2 Å². The first-order valence-corrected chi connectivity index (χ1v) is 9.13. The molecule has 0 bridgehead atoms. The predicted molar refractivity (Wildman–Crippen MR) is 90.4 cm³/mol. The Hall–Kier alpha value is -1.87. The Labute approximate surface area is 146 Å². The Morgan fingerprint density at radius 2 is 1.76 bits per heavy atom. The Balaban J connectivity index is 1.91. The molecule has 0 fully saturated rings. The molecule has 2 aromatic rings. The van der Waals surface area contributed by atoms with Gasteiger partial charge in [0.15, 0.2) is 0 Å². The maximum Gasteiger partial charge on any atom is 0.240 e. The second-order valence-corrected chi connectivity index (χ2v) is 7.14. The summed E-state index contributed by atoms with van der Waals surface area (Å²) in [5.74, 6) is -0.966. The van der Waals surface area contributed by atoms with Gasteiger partial charge >= 0.3 is 0 Å². The van der Waals surface area contributed by atoms with Gasteiger partial charge in [-0.25, -0.2) is 21.9 Å². The number of hydrogen-bond acceptors (Lipinski definition) is 4. The van der Waals surface area contributed by atoms with Crippen molar-refractivity contribution in [2.75, 3.05) is 20.3 Å². The lowest BCUT2D eigenvalue weighted by Gasteiger charge is -2.09. The third kappa shape index (κ3) is 5.86. The first-order valence-electron chi connectivity index (χ1n) is 7.64. The summed E-state index contributed by atoms with van der Waals surface area (Å²) >= 11 is 0. The summed E-state index contributed by atoms with van der Waals surface area (Å²) in [6.07, 6.45) is 0. The van der Waals surface area contributed by atoms with E-state index in [1.807, 2.05) is 0 Å². The molecule has 0 saturated carbocycles. The summed E-state index contributed by atoms with van der Waals surface area (Å²) in [6.45, 7) is 1.05. The molecular formula is C17H20F2N2O3S. The normalized spacial score (nSPS) is 11.6. The minimum Gasteiger partial charge on any atom is -0.383 e. The molecule has 0 aliphatic heterocycles. The van der Waals surface area contributed by atoms with E-state index in [0.29, 0.717) is 6.54 Å². The molecule has 0 unspecified atom stereocenters. The van der Waals surface area contributed by atoms with Gasteiger partial charge in [0.2, 0.25) is 10.0 Å². The summed E-state index contributed by atoms with van der Waals surface area (Å²) in [5.41, 5.74) is 1.06. The third-order valence-electron chi connectivity index (χ3n) is 3.48. The molecule has 0 heterocycles. The van der Waals surface area contributed by atoms with Crippen LogP contribution in [0.25, 0.3) is 0 Å². The average Bonchev–Trinajstić information content (AvgIpc) is 2.58. The SMILES string of the molecule is COCCNS(=O)(=O)c1ccc(CNCc2cc(F)ccc2F)cc1. The highest BCUT2D eigenvalue weighted by atomic mass is 32.2. The van der Waals surface area contributed by atoms with Crippen molar-refractivity contribution in [2.24, 2.45) is 0 Å². The van der Waals surface area contributed by atoms with Crippen LogP contribution < -0.4 is 10.0 Å². The monoisotopic (exact) mass is 370 g/mol. The average molecular weight is 370 g/mol. The smallest absolute Gasteiger partial charge is 0.240 e. The van der Waals surface area contributed by atoms with Crippen LogP contribution in [0.4, 0.5) is 8.78 Å². The minimum atomic E-state index is -3.56. The van der Waals surface area contributed by atoms with Crippen LogP contribution in [0.15, 0.2) is 47.4 Å². The Morgan fingerprint density at radius 1 is 1.04 bits per heavy atom. The number of sulfonamides is 1. The van der Waals surface area contributed by atoms with Crippen LogP contribution in [-0.2, 0) is 27.8 Å². The Kier molecular flexibility index (Phi) is 7.01. The number of hydrogen-bond donors (Lipinski definition) is 2. The van der Waals surface area contributed by atoms with Crippen LogP contribution in [0, 0.1) is 11.6 Å². The number of rotatable bonds is 9. The molecule has 0 atom stereocenters. The molecule has 2 aromatic carbocycles. The van der Waals surface area contributed by atoms with Gasteiger partial charge in [0.25, 0.3) is 0 Å². The molecule has 0 spiro atoms. The first-order chi connectivity index (χ1) is 11.9. The van der Waals surface area contributed by atoms with Crippen molar-refractivity contribution >= 4 is 10.0 Å². The molecule has 0 aliphatic rings. The summed E-state index contributed by atoms with van der Waals surface area (Å²) in [7, 11) is -2.07. The van der Waals surface area contributed by atoms with Crippen LogP contribution in [0.1, 0.15) is 11.1 Å². The van der Waals surface area contributed by atoms with Gasteiger partial charge in [0.05, 0.1) is 11.5 Å². The van der Waals surface area contributed by atoms with Crippen molar-refractivity contribution in [2.45, 2.75) is 18.0 Å². The second kappa shape index (κ2) is 9.00. The van der Waals surface area contributed by atoms with E-state index in [1.54, 1.807) is 12.1 Å². The van der Waals surface area contributed by atoms with E-state index in [0.717, 1.165) is 23.8 Å². The van der Waals surface area contributed by atoms with Gasteiger partial charge in [0, 0.05) is 32.3 Å². The van der Waals surface area contributed by atoms with Crippen molar-refractivity contribution in [3.8, 4) is 0 Å². The molecule has 0 saturated heterocycles. The van der Waals surface area contributed by atoms with E-state index in [9.17, 15) is 17.2 Å². The lowest BCUT2D eigenvalue weighted by atomic mass is 10.2. The van der Waals surface area contributed by atoms with Crippen LogP contribution in [0.5, 0.6) is 0 Å². The molecule has 25 heavy (non-hydrogen) atoms. The number of nitrogens with one attached hydrogen (secondary N) is 2. The molecule has 0 aromatic heterocycles. The highest BCUT2D eigenvalue weighted by molar-refractivity contribution is 7.89. The fourth-order valence-corrected chi connectivity index (χ4v) is 3.18. The molecule has 0 amide bonds. The molecule has 2 rings (SSSR count). The zero-order valence-corrected chi connectivity index (χ0v) is 14.6. The van der Waals surface area contributed by atoms with Crippen LogP contribution in [0.3, 0.4) is 0 Å². The largest absolute Gasteiger partial charge is 0.383 e. The summed E-state index contributed by atoms with van der Waals surface area (Å²) < 4.78 is 57.9. The van der Waals surface area contributed by atoms with E-state index in [4.69, 9.17) is 4.74 Å². The van der Waals surface area contributed by atoms with Crippen LogP contribution in [0.2, 0.25) is 0 Å². The minimum absolute atomic E-state index is 0.156. The Bertz CT molecular complexity index is 796. The van der Waals surface area contributed by atoms with E-state index in [2.05, 4.69) is 10.0 Å². The zero-order chi connectivity index (χ0) is 18.3. The molecule has 2 N–H and O–H groups in total. The number of ether oxygens (including phenoxy) is 1. The van der Waals surface area contributed by atoms with Crippen molar-refractivity contribution in [3.63, 3.8) is 0 Å². The number of halogens is 2. The molecule has 0 aliphatic carbocycles. The maximum atomic E-state index is 13.5. The zero-order valence-electron chi connectivity index (χ0n) is 13.8. The number of benzene rings is 2. The van der Waals surface area contributed by atoms with E-state index in [1.165, 1.54) is 19.2 Å². The van der Waals surface area contributed by atoms with Crippen molar-refractivity contribution < 1.29 is 21.9 Å². The topological polar surface area (TPSA) is 67.4 Å². The van der Waals surface area contributed by atoms with Crippen LogP contribution >= 0.6 is 0 Å². The fourth-order valence-electron chi connectivity index (χ4n) is 2.17. The third-order valence-corrected chi connectivity index (χ3v) is 4.96. The quantitative estimate of drug-likeness (QED) is 0.664. The Morgan fingerprint density at radius 3 is 2.44 bits per heavy atom. The first kappa shape index (κ1) is 19.5. The second-order valence-electron chi connectivity index (χ2n) is 5.37. The molecular weight excluding hydrogens is 350 g/mol. The van der Waals surface area contributed by atoms with Crippen LogP contribution in [-0.4, -0.2) is 28.7 Å². The molecule has 136 valence electrons. The van der Waals surface area contributed by atoms with E-state index in [-0.39, 0.29) is 30.2 Å². The van der Waals surface area contributed by atoms with E-state index < -0.39 is 21.7 Å². The van der Waals surface area contributed by atoms with Gasteiger partial charge in [-0.05, 0) is 35.9 Å². The maximum absolute atomic E-state index is 13.5. The summed E-state index contributed by atoms with van der Waals surface area (Å²) in [6, 6.07) is 9.62. The van der Waals surface area contributed by atoms with Gasteiger partial charge < -0.3 is 10.1 Å². The molecule has 0 radical (unpaired) electrons.